The van der Waals surface area contributed by atoms with Crippen LogP contribution in [0.2, 0.25) is 0 Å². The van der Waals surface area contributed by atoms with Gasteiger partial charge in [0.25, 0.3) is 11.7 Å². The zero-order valence-electron chi connectivity index (χ0n) is 12.1. The summed E-state index contributed by atoms with van der Waals surface area (Å²) in [5, 5.41) is 0. The van der Waals surface area contributed by atoms with Crippen LogP contribution in [0.1, 0.15) is 24.8 Å². The number of carbonyl (C=O) groups is 1. The Bertz CT molecular complexity index is 548. The molecule has 2 saturated heterocycles. The van der Waals surface area contributed by atoms with Gasteiger partial charge in [0.1, 0.15) is 0 Å². The van der Waals surface area contributed by atoms with Crippen LogP contribution in [-0.2, 0) is 20.1 Å². The van der Waals surface area contributed by atoms with Crippen molar-refractivity contribution >= 4 is 11.6 Å². The maximum Gasteiger partial charge on any atom is 0.293 e. The molecule has 4 rings (SSSR count). The van der Waals surface area contributed by atoms with E-state index in [0.29, 0.717) is 19.9 Å². The lowest BCUT2D eigenvalue weighted by Crippen LogP contribution is -2.49. The molecule has 3 aliphatic rings. The van der Waals surface area contributed by atoms with E-state index in [2.05, 4.69) is 4.90 Å². The van der Waals surface area contributed by atoms with Gasteiger partial charge in [0.2, 0.25) is 0 Å². The molecular weight excluding hydrogens is 268 g/mol. The molecule has 0 radical (unpaired) electrons. The van der Waals surface area contributed by atoms with Crippen LogP contribution in [0, 0.1) is 0 Å². The highest BCUT2D eigenvalue weighted by atomic mass is 16.7. The quantitative estimate of drug-likeness (QED) is 0.830. The molecule has 2 fully saturated rings. The number of para-hydroxylation sites is 1. The fraction of sp³-hybridized carbons (Fsp3) is 0.562. The average Bonchev–Trinajstić information content (AvgIpc) is 3.12. The normalized spacial score (nSPS) is 24.8. The minimum absolute atomic E-state index is 0.0738. The summed E-state index contributed by atoms with van der Waals surface area (Å²) >= 11 is 0. The first-order valence-corrected chi connectivity index (χ1v) is 7.73. The van der Waals surface area contributed by atoms with E-state index in [1.165, 1.54) is 12.8 Å². The fourth-order valence-electron chi connectivity index (χ4n) is 3.47. The molecule has 3 heterocycles. The number of nitrogens with zero attached hydrogens (tertiary/aromatic N) is 2. The van der Waals surface area contributed by atoms with Crippen molar-refractivity contribution in [2.45, 2.75) is 25.0 Å². The summed E-state index contributed by atoms with van der Waals surface area (Å²) in [6.45, 7) is 3.88. The van der Waals surface area contributed by atoms with Crippen molar-refractivity contribution in [2.24, 2.45) is 0 Å². The molecule has 1 amide bonds. The molecule has 0 atom stereocenters. The molecule has 3 aliphatic heterocycles. The zero-order valence-corrected chi connectivity index (χ0v) is 12.1. The number of likely N-dealkylation sites (tertiary alicyclic amines) is 1. The van der Waals surface area contributed by atoms with Gasteiger partial charge in [-0.25, -0.2) is 0 Å². The summed E-state index contributed by atoms with van der Waals surface area (Å²) in [4.78, 5) is 17.1. The molecule has 21 heavy (non-hydrogen) atoms. The Balaban J connectivity index is 1.70. The van der Waals surface area contributed by atoms with Crippen LogP contribution in [0.4, 0.5) is 5.69 Å². The van der Waals surface area contributed by atoms with E-state index < -0.39 is 5.79 Å². The van der Waals surface area contributed by atoms with Crippen LogP contribution in [0.25, 0.3) is 0 Å². The van der Waals surface area contributed by atoms with E-state index in [4.69, 9.17) is 9.47 Å². The van der Waals surface area contributed by atoms with Crippen molar-refractivity contribution in [1.29, 1.82) is 0 Å². The van der Waals surface area contributed by atoms with Crippen LogP contribution in [0.5, 0.6) is 0 Å². The highest BCUT2D eigenvalue weighted by Gasteiger charge is 2.54. The van der Waals surface area contributed by atoms with E-state index in [-0.39, 0.29) is 5.91 Å². The van der Waals surface area contributed by atoms with Gasteiger partial charge < -0.3 is 9.47 Å². The smallest absolute Gasteiger partial charge is 0.293 e. The number of fused-ring (bicyclic) bond motifs is 2. The summed E-state index contributed by atoms with van der Waals surface area (Å²) in [7, 11) is 0. The molecule has 5 nitrogen and oxygen atoms in total. The molecule has 1 aromatic carbocycles. The first-order valence-electron chi connectivity index (χ1n) is 7.73. The first kappa shape index (κ1) is 13.2. The van der Waals surface area contributed by atoms with Crippen LogP contribution in [0.3, 0.4) is 0 Å². The number of hydrogen-bond donors (Lipinski definition) is 0. The molecule has 0 aromatic heterocycles. The van der Waals surface area contributed by atoms with Gasteiger partial charge in [0.15, 0.2) is 0 Å². The Kier molecular flexibility index (Phi) is 3.21. The van der Waals surface area contributed by atoms with Crippen molar-refractivity contribution in [2.75, 3.05) is 37.9 Å². The second-order valence-electron chi connectivity index (χ2n) is 5.88. The van der Waals surface area contributed by atoms with Crippen molar-refractivity contribution in [3.05, 3.63) is 29.8 Å². The number of amides is 1. The van der Waals surface area contributed by atoms with Crippen molar-refractivity contribution in [3.8, 4) is 0 Å². The lowest BCUT2D eigenvalue weighted by Gasteiger charge is -2.33. The molecule has 1 spiro atoms. The largest absolute Gasteiger partial charge is 0.338 e. The van der Waals surface area contributed by atoms with Gasteiger partial charge in [0, 0.05) is 5.56 Å². The Morgan fingerprint density at radius 2 is 1.76 bits per heavy atom. The lowest BCUT2D eigenvalue weighted by atomic mass is 10.1. The minimum atomic E-state index is -1.20. The molecule has 5 heteroatoms. The van der Waals surface area contributed by atoms with Gasteiger partial charge >= 0.3 is 0 Å². The van der Waals surface area contributed by atoms with Crippen molar-refractivity contribution < 1.29 is 14.3 Å². The van der Waals surface area contributed by atoms with Crippen molar-refractivity contribution in [1.82, 2.24) is 4.90 Å². The standard InChI is InChI=1S/C16H20N2O3/c19-15-16(20-10-5-11-21-16)13-6-1-2-7-14(13)18(15)12-17-8-3-4-9-17/h1-2,6-7H,3-5,8-12H2. The topological polar surface area (TPSA) is 42.0 Å². The second kappa shape index (κ2) is 5.09. The molecule has 112 valence electrons. The molecule has 0 unspecified atom stereocenters. The molecule has 1 aromatic rings. The van der Waals surface area contributed by atoms with E-state index in [0.717, 1.165) is 30.8 Å². The Labute approximate surface area is 124 Å². The van der Waals surface area contributed by atoms with Gasteiger partial charge in [-0.05, 0) is 38.4 Å². The van der Waals surface area contributed by atoms with Crippen LogP contribution in [-0.4, -0.2) is 43.8 Å². The monoisotopic (exact) mass is 288 g/mol. The summed E-state index contributed by atoms with van der Waals surface area (Å²) in [6, 6.07) is 7.83. The Morgan fingerprint density at radius 3 is 2.52 bits per heavy atom. The minimum Gasteiger partial charge on any atom is -0.338 e. The van der Waals surface area contributed by atoms with Gasteiger partial charge in [-0.3, -0.25) is 14.6 Å². The van der Waals surface area contributed by atoms with E-state index in [1.54, 1.807) is 0 Å². The number of hydrogen-bond acceptors (Lipinski definition) is 4. The van der Waals surface area contributed by atoms with Gasteiger partial charge in [-0.2, -0.15) is 0 Å². The van der Waals surface area contributed by atoms with E-state index in [9.17, 15) is 4.79 Å². The number of benzene rings is 1. The van der Waals surface area contributed by atoms with Crippen LogP contribution in [0.15, 0.2) is 24.3 Å². The zero-order chi connectivity index (χ0) is 14.3. The Hall–Kier alpha value is -1.43. The molecule has 0 aliphatic carbocycles. The van der Waals surface area contributed by atoms with E-state index >= 15 is 0 Å². The summed E-state index contributed by atoms with van der Waals surface area (Å²) in [5.74, 6) is -1.27. The second-order valence-corrected chi connectivity index (χ2v) is 5.88. The number of ether oxygens (including phenoxy) is 2. The highest BCUT2D eigenvalue weighted by molar-refractivity contribution is 6.06. The third-order valence-corrected chi connectivity index (χ3v) is 4.52. The predicted octanol–water partition coefficient (Wildman–Crippen LogP) is 1.68. The highest BCUT2D eigenvalue weighted by Crippen LogP contribution is 2.45. The third kappa shape index (κ3) is 1.99. The van der Waals surface area contributed by atoms with Crippen molar-refractivity contribution in [3.63, 3.8) is 0 Å². The van der Waals surface area contributed by atoms with Gasteiger partial charge in [-0.1, -0.05) is 18.2 Å². The van der Waals surface area contributed by atoms with Crippen LogP contribution >= 0.6 is 0 Å². The number of carbonyl (C=O) groups excluding carboxylic acids is 1. The predicted molar refractivity (Wildman–Crippen MR) is 77.8 cm³/mol. The number of anilines is 1. The summed E-state index contributed by atoms with van der Waals surface area (Å²) in [6.07, 6.45) is 3.26. The third-order valence-electron chi connectivity index (χ3n) is 4.52. The molecule has 0 N–H and O–H groups in total. The van der Waals surface area contributed by atoms with E-state index in [1.807, 2.05) is 29.2 Å². The molecule has 0 saturated carbocycles. The SMILES string of the molecule is O=C1N(CN2CCCC2)c2ccccc2C12OCCCO2. The maximum atomic E-state index is 13.0. The number of rotatable bonds is 2. The van der Waals surface area contributed by atoms with Gasteiger partial charge in [-0.15, -0.1) is 0 Å². The summed E-state index contributed by atoms with van der Waals surface area (Å²) in [5.41, 5.74) is 1.78. The van der Waals surface area contributed by atoms with Gasteiger partial charge in [0.05, 0.1) is 25.6 Å². The summed E-state index contributed by atoms with van der Waals surface area (Å²) < 4.78 is 11.7. The fourth-order valence-corrected chi connectivity index (χ4v) is 3.47. The first-order chi connectivity index (χ1) is 10.3. The molecule has 0 bridgehead atoms. The van der Waals surface area contributed by atoms with Crippen LogP contribution < -0.4 is 4.90 Å². The Morgan fingerprint density at radius 1 is 1.05 bits per heavy atom. The molecular formula is C16H20N2O3. The lowest BCUT2D eigenvalue weighted by molar-refractivity contribution is -0.256. The average molecular weight is 288 g/mol. The maximum absolute atomic E-state index is 13.0.